The molecule has 0 saturated carbocycles. The van der Waals surface area contributed by atoms with Crippen LogP contribution in [0.3, 0.4) is 0 Å². The fourth-order valence-electron chi connectivity index (χ4n) is 2.45. The summed E-state index contributed by atoms with van der Waals surface area (Å²) in [6.45, 7) is 3.38. The largest absolute Gasteiger partial charge is 0.314 e. The highest BCUT2D eigenvalue weighted by molar-refractivity contribution is 9.10. The third kappa shape index (κ3) is 2.39. The van der Waals surface area contributed by atoms with Gasteiger partial charge in [0.25, 0.3) is 0 Å². The van der Waals surface area contributed by atoms with E-state index in [9.17, 15) is 0 Å². The SMILES string of the molecule is CC1CC(c2nc3cc(Br)ccc3s2)CCN1. The maximum Gasteiger partial charge on any atom is 0.0970 e. The van der Waals surface area contributed by atoms with Gasteiger partial charge in [0.1, 0.15) is 0 Å². The molecule has 0 aliphatic carbocycles. The van der Waals surface area contributed by atoms with E-state index in [-0.39, 0.29) is 0 Å². The van der Waals surface area contributed by atoms with Gasteiger partial charge in [-0.05, 0) is 44.5 Å². The fourth-order valence-corrected chi connectivity index (χ4v) is 3.89. The molecular formula is C13H15BrN2S. The Kier molecular flexibility index (Phi) is 3.19. The number of aromatic nitrogens is 1. The Morgan fingerprint density at radius 2 is 2.35 bits per heavy atom. The summed E-state index contributed by atoms with van der Waals surface area (Å²) in [7, 11) is 0. The molecule has 1 fully saturated rings. The second-order valence-corrected chi connectivity index (χ2v) is 6.72. The average molecular weight is 311 g/mol. The molecule has 2 aromatic rings. The lowest BCUT2D eigenvalue weighted by atomic mass is 9.94. The number of piperidine rings is 1. The van der Waals surface area contributed by atoms with E-state index in [0.717, 1.165) is 16.5 Å². The molecule has 1 aliphatic heterocycles. The van der Waals surface area contributed by atoms with Crippen LogP contribution in [0.15, 0.2) is 22.7 Å². The predicted molar refractivity (Wildman–Crippen MR) is 76.8 cm³/mol. The number of nitrogens with one attached hydrogen (secondary N) is 1. The first-order valence-electron chi connectivity index (χ1n) is 6.02. The molecule has 0 amide bonds. The highest BCUT2D eigenvalue weighted by Crippen LogP contribution is 2.34. The summed E-state index contributed by atoms with van der Waals surface area (Å²) in [4.78, 5) is 4.79. The van der Waals surface area contributed by atoms with Gasteiger partial charge in [-0.15, -0.1) is 11.3 Å². The Morgan fingerprint density at radius 3 is 3.18 bits per heavy atom. The van der Waals surface area contributed by atoms with E-state index in [1.54, 1.807) is 0 Å². The van der Waals surface area contributed by atoms with Crippen LogP contribution in [-0.4, -0.2) is 17.6 Å². The lowest BCUT2D eigenvalue weighted by Crippen LogP contribution is -2.34. The maximum atomic E-state index is 4.79. The third-order valence-electron chi connectivity index (χ3n) is 3.34. The van der Waals surface area contributed by atoms with Crippen molar-refractivity contribution in [3.63, 3.8) is 0 Å². The number of hydrogen-bond donors (Lipinski definition) is 1. The molecule has 0 spiro atoms. The molecule has 1 aromatic heterocycles. The van der Waals surface area contributed by atoms with Crippen LogP contribution in [0, 0.1) is 0 Å². The van der Waals surface area contributed by atoms with E-state index in [0.29, 0.717) is 12.0 Å². The van der Waals surface area contributed by atoms with Gasteiger partial charge in [-0.25, -0.2) is 4.98 Å². The molecule has 3 rings (SSSR count). The molecule has 1 N–H and O–H groups in total. The number of hydrogen-bond acceptors (Lipinski definition) is 3. The average Bonchev–Trinajstić information content (AvgIpc) is 2.72. The van der Waals surface area contributed by atoms with Crippen molar-refractivity contribution >= 4 is 37.5 Å². The highest BCUT2D eigenvalue weighted by atomic mass is 79.9. The lowest BCUT2D eigenvalue weighted by Gasteiger charge is -2.26. The van der Waals surface area contributed by atoms with E-state index in [1.807, 2.05) is 11.3 Å². The van der Waals surface area contributed by atoms with E-state index in [2.05, 4.69) is 46.4 Å². The summed E-state index contributed by atoms with van der Waals surface area (Å²) in [5.74, 6) is 0.641. The van der Waals surface area contributed by atoms with E-state index in [1.165, 1.54) is 22.5 Å². The van der Waals surface area contributed by atoms with Gasteiger partial charge in [0.2, 0.25) is 0 Å². The minimum atomic E-state index is 0.618. The Labute approximate surface area is 114 Å². The van der Waals surface area contributed by atoms with Crippen molar-refractivity contribution in [1.29, 1.82) is 0 Å². The molecule has 2 nitrogen and oxygen atoms in total. The van der Waals surface area contributed by atoms with E-state index in [4.69, 9.17) is 4.98 Å². The summed E-state index contributed by atoms with van der Waals surface area (Å²) in [5, 5.41) is 4.81. The summed E-state index contributed by atoms with van der Waals surface area (Å²) in [6, 6.07) is 6.98. The number of rotatable bonds is 1. The van der Waals surface area contributed by atoms with Crippen molar-refractivity contribution in [3.8, 4) is 0 Å². The van der Waals surface area contributed by atoms with Crippen molar-refractivity contribution in [2.45, 2.75) is 31.7 Å². The molecule has 2 heterocycles. The van der Waals surface area contributed by atoms with Crippen molar-refractivity contribution in [2.24, 2.45) is 0 Å². The molecule has 2 unspecified atom stereocenters. The van der Waals surface area contributed by atoms with Gasteiger partial charge in [-0.1, -0.05) is 15.9 Å². The minimum Gasteiger partial charge on any atom is -0.314 e. The van der Waals surface area contributed by atoms with E-state index >= 15 is 0 Å². The van der Waals surface area contributed by atoms with Crippen molar-refractivity contribution in [2.75, 3.05) is 6.54 Å². The van der Waals surface area contributed by atoms with E-state index < -0.39 is 0 Å². The van der Waals surface area contributed by atoms with Crippen LogP contribution in [0.4, 0.5) is 0 Å². The quantitative estimate of drug-likeness (QED) is 0.863. The Bertz CT molecular complexity index is 537. The topological polar surface area (TPSA) is 24.9 Å². The summed E-state index contributed by atoms with van der Waals surface area (Å²) in [6.07, 6.45) is 2.42. The lowest BCUT2D eigenvalue weighted by molar-refractivity contribution is 0.381. The summed E-state index contributed by atoms with van der Waals surface area (Å²) in [5.41, 5.74) is 1.13. The molecule has 4 heteroatoms. The molecule has 17 heavy (non-hydrogen) atoms. The zero-order valence-corrected chi connectivity index (χ0v) is 12.1. The number of halogens is 1. The van der Waals surface area contributed by atoms with Gasteiger partial charge < -0.3 is 5.32 Å². The normalized spacial score (nSPS) is 25.3. The van der Waals surface area contributed by atoms with Gasteiger partial charge in [0.15, 0.2) is 0 Å². The first-order chi connectivity index (χ1) is 8.22. The van der Waals surface area contributed by atoms with Gasteiger partial charge in [0, 0.05) is 16.4 Å². The Hall–Kier alpha value is -0.450. The molecule has 0 radical (unpaired) electrons. The molecular weight excluding hydrogens is 296 g/mol. The van der Waals surface area contributed by atoms with Crippen LogP contribution in [0.5, 0.6) is 0 Å². The van der Waals surface area contributed by atoms with Crippen LogP contribution in [0.2, 0.25) is 0 Å². The Morgan fingerprint density at radius 1 is 1.47 bits per heavy atom. The molecule has 1 saturated heterocycles. The standard InChI is InChI=1S/C13H15BrN2S/c1-8-6-9(4-5-15-8)13-16-11-7-10(14)2-3-12(11)17-13/h2-3,7-9,15H,4-6H2,1H3. The Balaban J connectivity index is 1.94. The first kappa shape index (κ1) is 11.6. The first-order valence-corrected chi connectivity index (χ1v) is 7.62. The smallest absolute Gasteiger partial charge is 0.0970 e. The predicted octanol–water partition coefficient (Wildman–Crippen LogP) is 3.91. The highest BCUT2D eigenvalue weighted by Gasteiger charge is 2.22. The van der Waals surface area contributed by atoms with Crippen molar-refractivity contribution in [1.82, 2.24) is 10.3 Å². The monoisotopic (exact) mass is 310 g/mol. The minimum absolute atomic E-state index is 0.618. The maximum absolute atomic E-state index is 4.79. The van der Waals surface area contributed by atoms with Gasteiger partial charge in [-0.3, -0.25) is 0 Å². The van der Waals surface area contributed by atoms with Crippen LogP contribution in [-0.2, 0) is 0 Å². The fraction of sp³-hybridized carbons (Fsp3) is 0.462. The summed E-state index contributed by atoms with van der Waals surface area (Å²) < 4.78 is 2.41. The van der Waals surface area contributed by atoms with Crippen molar-refractivity contribution in [3.05, 3.63) is 27.7 Å². The third-order valence-corrected chi connectivity index (χ3v) is 5.03. The van der Waals surface area contributed by atoms with Gasteiger partial charge in [-0.2, -0.15) is 0 Å². The number of nitrogens with zero attached hydrogens (tertiary/aromatic N) is 1. The molecule has 1 aliphatic rings. The van der Waals surface area contributed by atoms with Crippen molar-refractivity contribution < 1.29 is 0 Å². The van der Waals surface area contributed by atoms with Gasteiger partial charge >= 0.3 is 0 Å². The van der Waals surface area contributed by atoms with Crippen LogP contribution in [0.1, 0.15) is 30.7 Å². The zero-order chi connectivity index (χ0) is 11.8. The summed E-state index contributed by atoms with van der Waals surface area (Å²) >= 11 is 5.36. The molecule has 1 aromatic carbocycles. The second-order valence-electron chi connectivity index (χ2n) is 4.74. The number of benzene rings is 1. The zero-order valence-electron chi connectivity index (χ0n) is 9.74. The van der Waals surface area contributed by atoms with Gasteiger partial charge in [0.05, 0.1) is 15.2 Å². The second kappa shape index (κ2) is 4.67. The molecule has 90 valence electrons. The number of fused-ring (bicyclic) bond motifs is 1. The molecule has 0 bridgehead atoms. The number of thiazole rings is 1. The van der Waals surface area contributed by atoms with Crippen LogP contribution < -0.4 is 5.32 Å². The van der Waals surface area contributed by atoms with Crippen LogP contribution in [0.25, 0.3) is 10.2 Å². The molecule has 2 atom stereocenters. The van der Waals surface area contributed by atoms with Crippen LogP contribution >= 0.6 is 27.3 Å².